The average molecular weight is 465 g/mol. The molecular formula is C24H24N4O4S. The van der Waals surface area contributed by atoms with E-state index in [1.165, 1.54) is 16.8 Å². The van der Waals surface area contributed by atoms with Crippen molar-refractivity contribution in [2.45, 2.75) is 20.8 Å². The molecule has 0 radical (unpaired) electrons. The lowest BCUT2D eigenvalue weighted by molar-refractivity contribution is -0.114. The third-order valence-corrected chi connectivity index (χ3v) is 5.56. The number of rotatable bonds is 8. The van der Waals surface area contributed by atoms with Gasteiger partial charge in [-0.15, -0.1) is 0 Å². The molecule has 0 saturated carbocycles. The summed E-state index contributed by atoms with van der Waals surface area (Å²) in [6, 6.07) is 13.2. The molecule has 1 amide bonds. The lowest BCUT2D eigenvalue weighted by Crippen LogP contribution is -2.35. The maximum atomic E-state index is 12.5. The molecule has 0 aliphatic carbocycles. The summed E-state index contributed by atoms with van der Waals surface area (Å²) in [6.45, 7) is 6.90. The molecule has 9 heteroatoms. The molecule has 0 spiro atoms. The molecule has 0 unspecified atom stereocenters. The molecule has 2 aromatic carbocycles. The first-order valence-electron chi connectivity index (χ1n) is 10.5. The van der Waals surface area contributed by atoms with Crippen LogP contribution in [0, 0.1) is 12.3 Å². The average Bonchev–Trinajstić information content (AvgIpc) is 3.16. The predicted molar refractivity (Wildman–Crippen MR) is 130 cm³/mol. The van der Waals surface area contributed by atoms with Crippen molar-refractivity contribution in [1.29, 1.82) is 5.41 Å². The number of thioether (sulfide) groups is 1. The van der Waals surface area contributed by atoms with Crippen LogP contribution in [-0.4, -0.2) is 46.8 Å². The maximum absolute atomic E-state index is 12.5. The Morgan fingerprint density at radius 3 is 2.67 bits per heavy atom. The van der Waals surface area contributed by atoms with Gasteiger partial charge in [0.05, 0.1) is 17.2 Å². The molecule has 2 aliphatic rings. The molecule has 0 saturated heterocycles. The summed E-state index contributed by atoms with van der Waals surface area (Å²) in [4.78, 5) is 16.5. The summed E-state index contributed by atoms with van der Waals surface area (Å²) in [6.07, 6.45) is 1.62. The molecule has 170 valence electrons. The Bertz CT molecular complexity index is 1190. The van der Waals surface area contributed by atoms with E-state index in [4.69, 9.17) is 19.6 Å². The van der Waals surface area contributed by atoms with E-state index >= 15 is 0 Å². The number of nitrogens with one attached hydrogen (secondary N) is 1. The SMILES string of the molecule is CCOc1cc(C=C2C(=N)N3N=C(C)SC3=NC2=O)ccc1OCCOc1cccc(C)c1. The van der Waals surface area contributed by atoms with Crippen LogP contribution in [0.5, 0.6) is 17.2 Å². The third kappa shape index (κ3) is 5.25. The Kier molecular flexibility index (Phi) is 6.79. The van der Waals surface area contributed by atoms with Gasteiger partial charge in [0.2, 0.25) is 5.17 Å². The first-order valence-corrected chi connectivity index (χ1v) is 11.3. The van der Waals surface area contributed by atoms with Gasteiger partial charge in [-0.2, -0.15) is 15.1 Å². The Morgan fingerprint density at radius 2 is 1.88 bits per heavy atom. The molecule has 1 N–H and O–H groups in total. The second kappa shape index (κ2) is 9.91. The number of amidine groups is 2. The normalized spacial score (nSPS) is 16.5. The van der Waals surface area contributed by atoms with Crippen molar-refractivity contribution in [2.75, 3.05) is 19.8 Å². The van der Waals surface area contributed by atoms with Gasteiger partial charge in [0.15, 0.2) is 17.3 Å². The fourth-order valence-corrected chi connectivity index (χ4v) is 4.01. The van der Waals surface area contributed by atoms with Crippen LogP contribution in [0.25, 0.3) is 6.08 Å². The van der Waals surface area contributed by atoms with E-state index < -0.39 is 5.91 Å². The van der Waals surface area contributed by atoms with E-state index in [0.717, 1.165) is 16.4 Å². The van der Waals surface area contributed by atoms with Gasteiger partial charge in [0.1, 0.15) is 19.0 Å². The number of fused-ring (bicyclic) bond motifs is 1. The van der Waals surface area contributed by atoms with Gasteiger partial charge in [-0.25, -0.2) is 0 Å². The molecule has 4 rings (SSSR count). The molecule has 2 aromatic rings. The van der Waals surface area contributed by atoms with Crippen LogP contribution in [-0.2, 0) is 4.79 Å². The number of aliphatic imine (C=N–C) groups is 1. The van der Waals surface area contributed by atoms with Crippen LogP contribution in [0.1, 0.15) is 25.0 Å². The van der Waals surface area contributed by atoms with Gasteiger partial charge >= 0.3 is 0 Å². The summed E-state index contributed by atoms with van der Waals surface area (Å²) in [5, 5.41) is 15.2. The zero-order valence-corrected chi connectivity index (χ0v) is 19.4. The Labute approximate surface area is 196 Å². The van der Waals surface area contributed by atoms with Gasteiger partial charge in [-0.3, -0.25) is 10.2 Å². The van der Waals surface area contributed by atoms with Gasteiger partial charge < -0.3 is 14.2 Å². The fourth-order valence-electron chi connectivity index (χ4n) is 3.27. The number of ether oxygens (including phenoxy) is 3. The van der Waals surface area contributed by atoms with Crippen LogP contribution in [0.2, 0.25) is 0 Å². The molecule has 0 fully saturated rings. The molecule has 0 bridgehead atoms. The van der Waals surface area contributed by atoms with Gasteiger partial charge in [-0.1, -0.05) is 18.2 Å². The number of carbonyl (C=O) groups excluding carboxylic acids is 1. The Hall–Kier alpha value is -3.59. The molecular weight excluding hydrogens is 440 g/mol. The van der Waals surface area contributed by atoms with Crippen LogP contribution >= 0.6 is 11.8 Å². The summed E-state index contributed by atoms with van der Waals surface area (Å²) >= 11 is 1.28. The van der Waals surface area contributed by atoms with Crippen molar-refractivity contribution in [3.63, 3.8) is 0 Å². The molecule has 33 heavy (non-hydrogen) atoms. The molecule has 8 nitrogen and oxygen atoms in total. The molecule has 0 atom stereocenters. The van der Waals surface area contributed by atoms with Crippen LogP contribution in [0.4, 0.5) is 0 Å². The zero-order chi connectivity index (χ0) is 23.4. The van der Waals surface area contributed by atoms with E-state index in [-0.39, 0.29) is 11.4 Å². The number of aryl methyl sites for hydroxylation is 1. The second-order valence-corrected chi connectivity index (χ2v) is 8.45. The van der Waals surface area contributed by atoms with Crippen molar-refractivity contribution in [3.05, 3.63) is 59.2 Å². The van der Waals surface area contributed by atoms with Crippen LogP contribution in [0.15, 0.2) is 58.1 Å². The highest BCUT2D eigenvalue weighted by Crippen LogP contribution is 2.31. The lowest BCUT2D eigenvalue weighted by Gasteiger charge is -2.20. The summed E-state index contributed by atoms with van der Waals surface area (Å²) in [7, 11) is 0. The third-order valence-electron chi connectivity index (χ3n) is 4.73. The highest BCUT2D eigenvalue weighted by molar-refractivity contribution is 8.26. The monoisotopic (exact) mass is 464 g/mol. The van der Waals surface area contributed by atoms with Crippen LogP contribution < -0.4 is 14.2 Å². The van der Waals surface area contributed by atoms with Gasteiger partial charge in [-0.05, 0) is 74.0 Å². The number of nitrogens with zero attached hydrogens (tertiary/aromatic N) is 3. The number of amides is 1. The number of hydrazone groups is 1. The maximum Gasteiger partial charge on any atom is 0.283 e. The Morgan fingerprint density at radius 1 is 1.06 bits per heavy atom. The van der Waals surface area contributed by atoms with E-state index in [0.29, 0.717) is 42.1 Å². The summed E-state index contributed by atoms with van der Waals surface area (Å²) in [5.41, 5.74) is 2.00. The number of benzene rings is 2. The minimum atomic E-state index is -0.463. The fraction of sp³-hybridized carbons (Fsp3) is 0.250. The Balaban J connectivity index is 1.46. The first-order chi connectivity index (χ1) is 15.9. The first kappa shape index (κ1) is 22.6. The molecule has 2 aliphatic heterocycles. The van der Waals surface area contributed by atoms with Crippen molar-refractivity contribution < 1.29 is 19.0 Å². The van der Waals surface area contributed by atoms with Crippen molar-refractivity contribution in [3.8, 4) is 17.2 Å². The molecule has 0 aromatic heterocycles. The smallest absolute Gasteiger partial charge is 0.283 e. The highest BCUT2D eigenvalue weighted by Gasteiger charge is 2.34. The summed E-state index contributed by atoms with van der Waals surface area (Å²) in [5.74, 6) is 1.46. The second-order valence-electron chi connectivity index (χ2n) is 7.29. The van der Waals surface area contributed by atoms with Crippen molar-refractivity contribution >= 4 is 39.8 Å². The topological polar surface area (TPSA) is 96.6 Å². The minimum Gasteiger partial charge on any atom is -0.490 e. The molecule has 2 heterocycles. The predicted octanol–water partition coefficient (Wildman–Crippen LogP) is 4.49. The van der Waals surface area contributed by atoms with E-state index in [2.05, 4.69) is 10.1 Å². The highest BCUT2D eigenvalue weighted by atomic mass is 32.2. The van der Waals surface area contributed by atoms with Crippen molar-refractivity contribution in [2.24, 2.45) is 10.1 Å². The van der Waals surface area contributed by atoms with Crippen molar-refractivity contribution in [1.82, 2.24) is 5.01 Å². The van der Waals surface area contributed by atoms with Gasteiger partial charge in [0.25, 0.3) is 5.91 Å². The zero-order valence-electron chi connectivity index (χ0n) is 18.6. The standard InChI is InChI=1S/C24H24N4O4S/c1-4-30-21-14-17(13-19-22(25)28-24(26-23(19)29)33-16(3)27-28)8-9-20(21)32-11-10-31-18-7-5-6-15(2)12-18/h5-9,12-14,25H,4,10-11H2,1-3H3. The number of carbonyl (C=O) groups is 1. The van der Waals surface area contributed by atoms with E-state index in [9.17, 15) is 4.79 Å². The largest absolute Gasteiger partial charge is 0.490 e. The number of hydrogen-bond donors (Lipinski definition) is 1. The summed E-state index contributed by atoms with van der Waals surface area (Å²) < 4.78 is 17.3. The quantitative estimate of drug-likeness (QED) is 0.457. The van der Waals surface area contributed by atoms with Gasteiger partial charge in [0, 0.05) is 0 Å². The van der Waals surface area contributed by atoms with E-state index in [1.807, 2.05) is 45.0 Å². The minimum absolute atomic E-state index is 0.000865. The lowest BCUT2D eigenvalue weighted by atomic mass is 10.1. The van der Waals surface area contributed by atoms with E-state index in [1.54, 1.807) is 24.3 Å². The van der Waals surface area contributed by atoms with Crippen LogP contribution in [0.3, 0.4) is 0 Å². The number of hydrogen-bond acceptors (Lipinski definition) is 7.